The lowest BCUT2D eigenvalue weighted by Crippen LogP contribution is -2.40. The van der Waals surface area contributed by atoms with Crippen molar-refractivity contribution in [1.82, 2.24) is 19.7 Å². The molecule has 0 bridgehead atoms. The van der Waals surface area contributed by atoms with E-state index in [1.807, 2.05) is 53.4 Å². The zero-order valence-corrected chi connectivity index (χ0v) is 14.2. The van der Waals surface area contributed by atoms with Gasteiger partial charge in [0.05, 0.1) is 11.7 Å². The molecular formula is C19H21N5O. The molecule has 6 heteroatoms. The van der Waals surface area contributed by atoms with Crippen molar-refractivity contribution in [2.45, 2.75) is 18.8 Å². The second kappa shape index (κ2) is 6.55. The minimum Gasteiger partial charge on any atom is -0.324 e. The van der Waals surface area contributed by atoms with Crippen LogP contribution in [-0.4, -0.2) is 38.8 Å². The van der Waals surface area contributed by atoms with Gasteiger partial charge in [0.1, 0.15) is 0 Å². The topological polar surface area (TPSA) is 63.1 Å². The Morgan fingerprint density at radius 1 is 1.16 bits per heavy atom. The molecule has 0 atom stereocenters. The molecule has 1 aliphatic heterocycles. The molecule has 0 saturated carbocycles. The van der Waals surface area contributed by atoms with Crippen LogP contribution in [0.2, 0.25) is 0 Å². The third-order valence-electron chi connectivity index (χ3n) is 4.96. The SMILES string of the molecule is Cn1ncc2cc(NC(=O)N3CCC(c4ccncc4)CC3)ccc21. The third kappa shape index (κ3) is 3.20. The molecule has 2 amide bonds. The number of piperidine rings is 1. The van der Waals surface area contributed by atoms with Crippen molar-refractivity contribution in [2.75, 3.05) is 18.4 Å². The number of likely N-dealkylation sites (tertiary alicyclic amines) is 1. The van der Waals surface area contributed by atoms with Crippen molar-refractivity contribution < 1.29 is 4.79 Å². The van der Waals surface area contributed by atoms with Gasteiger partial charge in [-0.2, -0.15) is 5.10 Å². The maximum atomic E-state index is 12.5. The number of nitrogens with one attached hydrogen (secondary N) is 1. The third-order valence-corrected chi connectivity index (χ3v) is 4.96. The van der Waals surface area contributed by atoms with Crippen molar-refractivity contribution >= 4 is 22.6 Å². The number of rotatable bonds is 2. The van der Waals surface area contributed by atoms with E-state index in [-0.39, 0.29) is 6.03 Å². The molecule has 0 aliphatic carbocycles. The highest BCUT2D eigenvalue weighted by atomic mass is 16.2. The zero-order valence-electron chi connectivity index (χ0n) is 14.2. The van der Waals surface area contributed by atoms with Gasteiger partial charge in [-0.05, 0) is 54.7 Å². The summed E-state index contributed by atoms with van der Waals surface area (Å²) in [6, 6.07) is 9.98. The van der Waals surface area contributed by atoms with Crippen molar-refractivity contribution in [3.05, 3.63) is 54.5 Å². The van der Waals surface area contributed by atoms with E-state index in [4.69, 9.17) is 0 Å². The summed E-state index contributed by atoms with van der Waals surface area (Å²) in [7, 11) is 1.91. The minimum atomic E-state index is -0.0311. The number of aryl methyl sites for hydroxylation is 1. The number of carbonyl (C=O) groups is 1. The Kier molecular flexibility index (Phi) is 4.09. The number of hydrogen-bond acceptors (Lipinski definition) is 3. The molecule has 1 fully saturated rings. The first kappa shape index (κ1) is 15.6. The molecule has 128 valence electrons. The number of carbonyl (C=O) groups excluding carboxylic acids is 1. The average Bonchev–Trinajstić information content (AvgIpc) is 3.03. The van der Waals surface area contributed by atoms with Crippen LogP contribution in [0.5, 0.6) is 0 Å². The summed E-state index contributed by atoms with van der Waals surface area (Å²) < 4.78 is 1.82. The van der Waals surface area contributed by atoms with Crippen molar-refractivity contribution in [3.8, 4) is 0 Å². The molecule has 3 heterocycles. The number of benzene rings is 1. The van der Waals surface area contributed by atoms with Crippen molar-refractivity contribution in [3.63, 3.8) is 0 Å². The van der Waals surface area contributed by atoms with E-state index in [0.717, 1.165) is 42.5 Å². The molecule has 0 spiro atoms. The lowest BCUT2D eigenvalue weighted by molar-refractivity contribution is 0.194. The molecule has 1 aromatic carbocycles. The van der Waals surface area contributed by atoms with Crippen LogP contribution < -0.4 is 5.32 Å². The fourth-order valence-electron chi connectivity index (χ4n) is 3.50. The summed E-state index contributed by atoms with van der Waals surface area (Å²) in [5, 5.41) is 8.26. The zero-order chi connectivity index (χ0) is 17.2. The van der Waals surface area contributed by atoms with E-state index in [9.17, 15) is 4.79 Å². The molecule has 2 aromatic heterocycles. The van der Waals surface area contributed by atoms with E-state index < -0.39 is 0 Å². The highest BCUT2D eigenvalue weighted by Crippen LogP contribution is 2.28. The normalized spacial score (nSPS) is 15.5. The standard InChI is InChI=1S/C19H21N5O/c1-23-18-3-2-17(12-16(18)13-21-23)22-19(25)24-10-6-15(7-11-24)14-4-8-20-9-5-14/h2-5,8-9,12-13,15H,6-7,10-11H2,1H3,(H,22,25). The molecule has 25 heavy (non-hydrogen) atoms. The van der Waals surface area contributed by atoms with E-state index in [1.165, 1.54) is 5.56 Å². The summed E-state index contributed by atoms with van der Waals surface area (Å²) >= 11 is 0. The second-order valence-corrected chi connectivity index (χ2v) is 6.51. The van der Waals surface area contributed by atoms with Gasteiger partial charge in [-0.15, -0.1) is 0 Å². The van der Waals surface area contributed by atoms with Gasteiger partial charge >= 0.3 is 6.03 Å². The van der Waals surface area contributed by atoms with Gasteiger partial charge in [-0.1, -0.05) is 0 Å². The monoisotopic (exact) mass is 335 g/mol. The number of nitrogens with zero attached hydrogens (tertiary/aromatic N) is 4. The quantitative estimate of drug-likeness (QED) is 0.781. The molecule has 1 aliphatic rings. The van der Waals surface area contributed by atoms with Crippen LogP contribution in [0.1, 0.15) is 24.3 Å². The largest absolute Gasteiger partial charge is 0.324 e. The highest BCUT2D eigenvalue weighted by molar-refractivity contribution is 5.92. The summed E-state index contributed by atoms with van der Waals surface area (Å²) in [4.78, 5) is 18.5. The lowest BCUT2D eigenvalue weighted by Gasteiger charge is -2.32. The molecule has 1 saturated heterocycles. The fraction of sp³-hybridized carbons (Fsp3) is 0.316. The number of anilines is 1. The van der Waals surface area contributed by atoms with Gasteiger partial charge in [0.2, 0.25) is 0 Å². The Hall–Kier alpha value is -2.89. The average molecular weight is 335 g/mol. The van der Waals surface area contributed by atoms with Crippen molar-refractivity contribution in [2.24, 2.45) is 7.05 Å². The first-order valence-corrected chi connectivity index (χ1v) is 8.58. The Labute approximate surface area is 146 Å². The number of amides is 2. The van der Waals surface area contributed by atoms with Gasteiger partial charge in [0, 0.05) is 43.6 Å². The van der Waals surface area contributed by atoms with E-state index in [0.29, 0.717) is 5.92 Å². The smallest absolute Gasteiger partial charge is 0.321 e. The molecule has 3 aromatic rings. The van der Waals surface area contributed by atoms with Crippen LogP contribution in [0.15, 0.2) is 48.9 Å². The Bertz CT molecular complexity index is 881. The second-order valence-electron chi connectivity index (χ2n) is 6.51. The van der Waals surface area contributed by atoms with E-state index >= 15 is 0 Å². The summed E-state index contributed by atoms with van der Waals surface area (Å²) in [6.45, 7) is 1.54. The van der Waals surface area contributed by atoms with Gasteiger partial charge in [-0.3, -0.25) is 9.67 Å². The van der Waals surface area contributed by atoms with Crippen LogP contribution >= 0.6 is 0 Å². The van der Waals surface area contributed by atoms with Crippen LogP contribution in [0.4, 0.5) is 10.5 Å². The molecule has 6 nitrogen and oxygen atoms in total. The lowest BCUT2D eigenvalue weighted by atomic mass is 9.90. The number of urea groups is 1. The number of hydrogen-bond donors (Lipinski definition) is 1. The molecule has 4 rings (SSSR count). The van der Waals surface area contributed by atoms with Gasteiger partial charge in [0.15, 0.2) is 0 Å². The van der Waals surface area contributed by atoms with E-state index in [2.05, 4.69) is 27.5 Å². The Morgan fingerprint density at radius 3 is 2.68 bits per heavy atom. The van der Waals surface area contributed by atoms with Gasteiger partial charge in [0.25, 0.3) is 0 Å². The van der Waals surface area contributed by atoms with Gasteiger partial charge in [-0.25, -0.2) is 4.79 Å². The van der Waals surface area contributed by atoms with Crippen LogP contribution in [0.3, 0.4) is 0 Å². The fourth-order valence-corrected chi connectivity index (χ4v) is 3.50. The van der Waals surface area contributed by atoms with Crippen molar-refractivity contribution in [1.29, 1.82) is 0 Å². The Morgan fingerprint density at radius 2 is 1.92 bits per heavy atom. The highest BCUT2D eigenvalue weighted by Gasteiger charge is 2.23. The van der Waals surface area contributed by atoms with Crippen LogP contribution in [0, 0.1) is 0 Å². The predicted octanol–water partition coefficient (Wildman–Crippen LogP) is 3.38. The maximum absolute atomic E-state index is 12.5. The van der Waals surface area contributed by atoms with Crippen LogP contribution in [0.25, 0.3) is 10.9 Å². The summed E-state index contributed by atoms with van der Waals surface area (Å²) in [5.41, 5.74) is 3.18. The minimum absolute atomic E-state index is 0.0311. The first-order valence-electron chi connectivity index (χ1n) is 8.58. The molecule has 0 unspecified atom stereocenters. The summed E-state index contributed by atoms with van der Waals surface area (Å²) in [5.74, 6) is 0.513. The summed E-state index contributed by atoms with van der Waals surface area (Å²) in [6.07, 6.45) is 7.45. The van der Waals surface area contributed by atoms with Crippen LogP contribution in [-0.2, 0) is 7.05 Å². The maximum Gasteiger partial charge on any atom is 0.321 e. The van der Waals surface area contributed by atoms with E-state index in [1.54, 1.807) is 0 Å². The number of pyridine rings is 1. The number of aromatic nitrogens is 3. The number of fused-ring (bicyclic) bond motifs is 1. The Balaban J connectivity index is 1.38. The molecule has 0 radical (unpaired) electrons. The molecule has 1 N–H and O–H groups in total. The van der Waals surface area contributed by atoms with Gasteiger partial charge < -0.3 is 10.2 Å². The first-order chi connectivity index (χ1) is 12.2. The molecular weight excluding hydrogens is 314 g/mol. The predicted molar refractivity (Wildman–Crippen MR) is 97.5 cm³/mol.